The summed E-state index contributed by atoms with van der Waals surface area (Å²) in [4.78, 5) is 24.9. The number of methoxy groups -OCH3 is 1. The van der Waals surface area contributed by atoms with E-state index in [1.807, 2.05) is 0 Å². The summed E-state index contributed by atoms with van der Waals surface area (Å²) in [6, 6.07) is 4.88. The van der Waals surface area contributed by atoms with Gasteiger partial charge in [0.15, 0.2) is 5.82 Å². The van der Waals surface area contributed by atoms with Crippen LogP contribution in [0.2, 0.25) is 5.02 Å². The van der Waals surface area contributed by atoms with E-state index in [9.17, 15) is 22.9 Å². The zero-order chi connectivity index (χ0) is 33.3. The molecule has 1 aromatic carbocycles. The molecule has 2 aliphatic rings. The summed E-state index contributed by atoms with van der Waals surface area (Å²) >= 11 is 5.95. The number of aromatic nitrogens is 2. The Labute approximate surface area is 267 Å². The highest BCUT2D eigenvalue weighted by Gasteiger charge is 2.45. The Balaban J connectivity index is 1.53. The van der Waals surface area contributed by atoms with Crippen LogP contribution in [0.25, 0.3) is 0 Å². The number of nitrogens with one attached hydrogen (secondary N) is 2. The van der Waals surface area contributed by atoms with E-state index >= 15 is 0 Å². The van der Waals surface area contributed by atoms with E-state index in [1.54, 1.807) is 25.8 Å². The predicted octanol–water partition coefficient (Wildman–Crippen LogP) is 1.97. The van der Waals surface area contributed by atoms with Crippen LogP contribution in [0.1, 0.15) is 32.3 Å². The van der Waals surface area contributed by atoms with Gasteiger partial charge in [-0.1, -0.05) is 18.5 Å². The maximum Gasteiger partial charge on any atom is 0.459 e. The normalized spacial score (nSPS) is 23.6. The van der Waals surface area contributed by atoms with Gasteiger partial charge in [0, 0.05) is 29.6 Å². The number of anilines is 3. The molecular weight excluding hydrogens is 653 g/mol. The van der Waals surface area contributed by atoms with Crippen LogP contribution in [-0.4, -0.2) is 87.0 Å². The van der Waals surface area contributed by atoms with Gasteiger partial charge < -0.3 is 29.7 Å². The van der Waals surface area contributed by atoms with E-state index in [0.29, 0.717) is 22.2 Å². The molecule has 1 aromatic heterocycles. The van der Waals surface area contributed by atoms with Crippen molar-refractivity contribution in [2.75, 3.05) is 42.7 Å². The van der Waals surface area contributed by atoms with Crippen LogP contribution in [0, 0.1) is 12.8 Å². The van der Waals surface area contributed by atoms with Crippen LogP contribution >= 0.6 is 19.3 Å². The summed E-state index contributed by atoms with van der Waals surface area (Å²) in [6.07, 6.45) is -0.214. The van der Waals surface area contributed by atoms with Gasteiger partial charge >= 0.3 is 13.7 Å². The van der Waals surface area contributed by atoms with Gasteiger partial charge in [-0.05, 0) is 51.0 Å². The monoisotopic (exact) mass is 691 g/mol. The van der Waals surface area contributed by atoms with Crippen LogP contribution in [0.15, 0.2) is 24.3 Å². The summed E-state index contributed by atoms with van der Waals surface area (Å²) in [5.41, 5.74) is 6.59. The molecule has 1 aliphatic heterocycles. The van der Waals surface area contributed by atoms with Gasteiger partial charge in [-0.2, -0.15) is 15.1 Å². The fourth-order valence-corrected chi connectivity index (χ4v) is 7.07. The molecule has 16 nitrogen and oxygen atoms in total. The zero-order valence-corrected chi connectivity index (χ0v) is 28.2. The van der Waals surface area contributed by atoms with Crippen molar-refractivity contribution < 1.29 is 41.4 Å². The van der Waals surface area contributed by atoms with Crippen molar-refractivity contribution in [3.05, 3.63) is 34.9 Å². The zero-order valence-electron chi connectivity index (χ0n) is 25.7. The molecule has 6 atom stereocenters. The Morgan fingerprint density at radius 1 is 1.27 bits per heavy atom. The van der Waals surface area contributed by atoms with E-state index in [4.69, 9.17) is 35.9 Å². The van der Waals surface area contributed by atoms with Crippen molar-refractivity contribution in [1.29, 1.82) is 0 Å². The Hall–Kier alpha value is -2.76. The summed E-state index contributed by atoms with van der Waals surface area (Å²) in [6.45, 7) is 4.54. The number of aliphatic hydroxyl groups excluding tert-OH is 1. The smallest absolute Gasteiger partial charge is 0.459 e. The van der Waals surface area contributed by atoms with Crippen LogP contribution in [-0.2, 0) is 33.4 Å². The molecule has 1 aliphatic carbocycles. The second kappa shape index (κ2) is 13.9. The lowest BCUT2D eigenvalue weighted by Crippen LogP contribution is -2.45. The average molecular weight is 692 g/mol. The molecule has 2 fully saturated rings. The van der Waals surface area contributed by atoms with E-state index in [2.05, 4.69) is 19.9 Å². The highest BCUT2D eigenvalue weighted by Crippen LogP contribution is 2.46. The van der Waals surface area contributed by atoms with Gasteiger partial charge in [-0.15, -0.1) is 4.83 Å². The topological polar surface area (TPSA) is 208 Å². The maximum absolute atomic E-state index is 13.8. The Kier molecular flexibility index (Phi) is 10.9. The lowest BCUT2D eigenvalue weighted by Gasteiger charge is -2.32. The third-order valence-electron chi connectivity index (χ3n) is 7.27. The second-order valence-electron chi connectivity index (χ2n) is 11.1. The average Bonchev–Trinajstić information content (AvgIpc) is 3.78. The highest BCUT2D eigenvalue weighted by atomic mass is 35.5. The van der Waals surface area contributed by atoms with Crippen LogP contribution in [0.4, 0.5) is 17.6 Å². The number of benzene rings is 1. The quantitative estimate of drug-likeness (QED) is 0.127. The number of carbonyl (C=O) groups excluding carboxylic acids is 1. The number of nitrogen functional groups attached to an aromatic ring is 1. The number of sulfonamides is 1. The number of ether oxygens (including phenoxy) is 2. The first-order valence-corrected chi connectivity index (χ1v) is 17.9. The van der Waals surface area contributed by atoms with Gasteiger partial charge in [-0.25, -0.2) is 13.0 Å². The molecule has 0 amide bonds. The van der Waals surface area contributed by atoms with Crippen LogP contribution < -0.4 is 30.1 Å². The van der Waals surface area contributed by atoms with Gasteiger partial charge in [0.2, 0.25) is 16.0 Å². The third kappa shape index (κ3) is 8.74. The summed E-state index contributed by atoms with van der Waals surface area (Å²) < 4.78 is 60.2. The van der Waals surface area contributed by atoms with Crippen molar-refractivity contribution in [2.45, 2.75) is 64.1 Å². The van der Waals surface area contributed by atoms with Crippen molar-refractivity contribution in [3.63, 3.8) is 0 Å². The third-order valence-corrected chi connectivity index (χ3v) is 9.69. The Morgan fingerprint density at radius 3 is 2.47 bits per heavy atom. The van der Waals surface area contributed by atoms with Gasteiger partial charge in [0.1, 0.15) is 29.9 Å². The molecule has 0 bridgehead atoms. The van der Waals surface area contributed by atoms with E-state index < -0.39 is 54.1 Å². The number of hydrogen-bond donors (Lipinski definition) is 4. The molecule has 0 spiro atoms. The number of hydrazine groups is 1. The predicted molar refractivity (Wildman–Crippen MR) is 167 cm³/mol. The van der Waals surface area contributed by atoms with Gasteiger partial charge in [-0.3, -0.25) is 14.3 Å². The first-order valence-electron chi connectivity index (χ1n) is 14.0. The number of halogens is 1. The molecule has 5 N–H and O–H groups in total. The standard InChI is InChI=1S/C26H39ClN7O9PS/c1-14-21(35)20(13-41-44(37,31-16(3)25(36)40-5)43-19-11-7-17(27)8-12-19)42-24(14)33(4)22-15(2)23(30-26(28)29-22)34(18-9-10-18)32-45(6,38)39/h7-8,11-12,14,16,18,20-21,24,32,35H,9-10,13H2,1-6H3,(H,31,37)(H2,28,29,30)/t14-,16?,20?,21-,24?,44?/m0/s1. The van der Waals surface area contributed by atoms with E-state index in [1.165, 1.54) is 43.3 Å². The number of nitrogens with zero attached hydrogens (tertiary/aromatic N) is 4. The number of aliphatic hydroxyl groups is 1. The fourth-order valence-electron chi connectivity index (χ4n) is 4.85. The van der Waals surface area contributed by atoms with Crippen molar-refractivity contribution in [2.24, 2.45) is 5.92 Å². The van der Waals surface area contributed by atoms with Crippen molar-refractivity contribution in [3.8, 4) is 5.75 Å². The summed E-state index contributed by atoms with van der Waals surface area (Å²) in [5.74, 6) is -0.476. The molecule has 1 saturated carbocycles. The molecule has 2 heterocycles. The maximum atomic E-state index is 13.8. The molecule has 0 radical (unpaired) electrons. The lowest BCUT2D eigenvalue weighted by atomic mass is 10.0. The largest absolute Gasteiger partial charge is 0.468 e. The second-order valence-corrected chi connectivity index (χ2v) is 14.9. The van der Waals surface area contributed by atoms with Gasteiger partial charge in [0.05, 0.1) is 26.1 Å². The summed E-state index contributed by atoms with van der Waals surface area (Å²) in [5, 5.41) is 15.6. The summed E-state index contributed by atoms with van der Waals surface area (Å²) in [7, 11) is -4.96. The molecule has 4 unspecified atom stereocenters. The molecular formula is C26H39ClN7O9PS. The highest BCUT2D eigenvalue weighted by molar-refractivity contribution is 7.88. The van der Waals surface area contributed by atoms with Crippen molar-refractivity contribution >= 4 is 52.9 Å². The SMILES string of the molecule is COC(=O)C(C)NP(=O)(OCC1OC(N(C)c2nc(N)nc(N(NS(C)(=O)=O)C3CC3)c2C)[C@@H](C)[C@@H]1O)Oc1ccc(Cl)cc1. The number of rotatable bonds is 14. The van der Waals surface area contributed by atoms with Crippen LogP contribution in [0.3, 0.4) is 0 Å². The molecule has 45 heavy (non-hydrogen) atoms. The molecule has 2 aromatic rings. The number of nitrogens with two attached hydrogens (primary N) is 1. The van der Waals surface area contributed by atoms with E-state index in [-0.39, 0.29) is 24.3 Å². The minimum absolute atomic E-state index is 0.0859. The van der Waals surface area contributed by atoms with Gasteiger partial charge in [0.25, 0.3) is 0 Å². The van der Waals surface area contributed by atoms with E-state index in [0.717, 1.165) is 19.1 Å². The molecule has 4 rings (SSSR count). The first kappa shape index (κ1) is 35.1. The first-order chi connectivity index (χ1) is 21.0. The molecule has 19 heteroatoms. The fraction of sp³-hybridized carbons (Fsp3) is 0.577. The minimum atomic E-state index is -4.23. The number of carbonyl (C=O) groups is 1. The van der Waals surface area contributed by atoms with Crippen LogP contribution in [0.5, 0.6) is 5.75 Å². The molecule has 1 saturated heterocycles. The Bertz CT molecular complexity index is 1530. The Morgan fingerprint density at radius 2 is 1.89 bits per heavy atom. The lowest BCUT2D eigenvalue weighted by molar-refractivity contribution is -0.142. The van der Waals surface area contributed by atoms with Crippen molar-refractivity contribution in [1.82, 2.24) is 19.9 Å². The molecule has 250 valence electrons. The minimum Gasteiger partial charge on any atom is -0.468 e. The number of hydrogen-bond acceptors (Lipinski definition) is 14. The number of esters is 1.